The molecule has 1 aromatic heterocycles. The molecule has 1 N–H and O–H groups in total. The minimum Gasteiger partial charge on any atom is -0.406 e. The Morgan fingerprint density at radius 1 is 0.935 bits per heavy atom. The Hall–Kier alpha value is -3.42. The first-order chi connectivity index (χ1) is 14.6. The molecule has 160 valence electrons. The van der Waals surface area contributed by atoms with E-state index < -0.39 is 23.8 Å². The number of nitrogens with one attached hydrogen (secondary N) is 1. The van der Waals surface area contributed by atoms with Crippen molar-refractivity contribution in [2.45, 2.75) is 25.9 Å². The molecule has 3 aromatic rings. The number of allylic oxidation sites excluding steroid dienone is 1. The van der Waals surface area contributed by atoms with Crippen LogP contribution in [-0.2, 0) is 6.42 Å². The zero-order chi connectivity index (χ0) is 22.3. The second-order valence-corrected chi connectivity index (χ2v) is 7.19. The van der Waals surface area contributed by atoms with Crippen LogP contribution in [0.1, 0.15) is 17.0 Å². The molecule has 1 aliphatic rings. The number of aromatic amines is 1. The number of hydrogen-bond donors (Lipinski definition) is 1. The smallest absolute Gasteiger partial charge is 0.406 e. The number of hydrogen-bond acceptors (Lipinski definition) is 2. The molecule has 4 rings (SSSR count). The first kappa shape index (κ1) is 20.8. The highest BCUT2D eigenvalue weighted by atomic mass is 19.4. The van der Waals surface area contributed by atoms with Gasteiger partial charge in [0, 0.05) is 23.4 Å². The zero-order valence-electron chi connectivity index (χ0n) is 16.2. The summed E-state index contributed by atoms with van der Waals surface area (Å²) in [4.78, 5) is 15.9. The van der Waals surface area contributed by atoms with Gasteiger partial charge in [0.15, 0.2) is 5.43 Å². The van der Waals surface area contributed by atoms with Gasteiger partial charge < -0.3 is 9.72 Å². The maximum atomic E-state index is 14.3. The van der Waals surface area contributed by atoms with Gasteiger partial charge >= 0.3 is 6.36 Å². The van der Waals surface area contributed by atoms with Crippen molar-refractivity contribution >= 4 is 5.83 Å². The number of aryl methyl sites for hydroxylation is 1. The summed E-state index contributed by atoms with van der Waals surface area (Å²) in [5, 5.41) is 0. The highest BCUT2D eigenvalue weighted by Gasteiger charge is 2.31. The fourth-order valence-corrected chi connectivity index (χ4v) is 3.71. The maximum absolute atomic E-state index is 14.3. The molecule has 0 amide bonds. The largest absolute Gasteiger partial charge is 0.573 e. The topological polar surface area (TPSA) is 42.1 Å². The van der Waals surface area contributed by atoms with Crippen LogP contribution in [0.5, 0.6) is 5.75 Å². The van der Waals surface area contributed by atoms with Crippen LogP contribution in [0, 0.1) is 6.92 Å². The Morgan fingerprint density at radius 3 is 2.06 bits per heavy atom. The zero-order valence-corrected chi connectivity index (χ0v) is 16.2. The van der Waals surface area contributed by atoms with Crippen molar-refractivity contribution in [2.75, 3.05) is 0 Å². The summed E-state index contributed by atoms with van der Waals surface area (Å²) in [6.07, 6.45) is -5.54. The first-order valence-corrected chi connectivity index (χ1v) is 9.36. The number of ether oxygens (including phenoxy) is 1. The first-order valence-electron chi connectivity index (χ1n) is 9.36. The molecule has 0 aliphatic heterocycles. The van der Waals surface area contributed by atoms with Crippen molar-refractivity contribution in [2.24, 2.45) is 0 Å². The number of H-pyrrole nitrogens is 1. The third kappa shape index (κ3) is 4.23. The molecule has 1 aliphatic carbocycles. The maximum Gasteiger partial charge on any atom is 0.573 e. The van der Waals surface area contributed by atoms with E-state index >= 15 is 0 Å². The second-order valence-electron chi connectivity index (χ2n) is 7.19. The van der Waals surface area contributed by atoms with Crippen LogP contribution in [0.15, 0.2) is 59.4 Å². The lowest BCUT2D eigenvalue weighted by atomic mass is 9.93. The van der Waals surface area contributed by atoms with Crippen molar-refractivity contribution in [3.8, 4) is 28.0 Å². The van der Waals surface area contributed by atoms with Gasteiger partial charge in [-0.05, 0) is 41.8 Å². The molecule has 0 fully saturated rings. The Balaban J connectivity index is 1.66. The van der Waals surface area contributed by atoms with Crippen molar-refractivity contribution < 1.29 is 26.7 Å². The lowest BCUT2D eigenvalue weighted by Gasteiger charge is -2.18. The number of benzene rings is 2. The molecule has 1 atom stereocenters. The monoisotopic (exact) mass is 433 g/mol. The van der Waals surface area contributed by atoms with E-state index in [1.807, 2.05) is 0 Å². The van der Waals surface area contributed by atoms with Gasteiger partial charge in [-0.2, -0.15) is 0 Å². The molecule has 0 spiro atoms. The van der Waals surface area contributed by atoms with Gasteiger partial charge in [-0.3, -0.25) is 4.79 Å². The van der Waals surface area contributed by atoms with Crippen LogP contribution in [0.25, 0.3) is 28.1 Å². The van der Waals surface area contributed by atoms with E-state index in [1.54, 1.807) is 31.2 Å². The van der Waals surface area contributed by atoms with E-state index in [4.69, 9.17) is 0 Å². The number of rotatable bonds is 3. The van der Waals surface area contributed by atoms with E-state index in [2.05, 4.69) is 9.72 Å². The summed E-state index contributed by atoms with van der Waals surface area (Å²) >= 11 is 0. The molecule has 0 saturated heterocycles. The Bertz CT molecular complexity index is 1210. The number of alkyl halides is 4. The summed E-state index contributed by atoms with van der Waals surface area (Å²) in [5.41, 5.74) is 2.23. The van der Waals surface area contributed by atoms with Gasteiger partial charge in [-0.1, -0.05) is 36.4 Å². The summed E-state index contributed by atoms with van der Waals surface area (Å²) in [7, 11) is 0. The summed E-state index contributed by atoms with van der Waals surface area (Å²) in [6, 6.07) is 12.1. The summed E-state index contributed by atoms with van der Waals surface area (Å²) < 4.78 is 68.6. The molecular weight excluding hydrogens is 417 g/mol. The fourth-order valence-electron chi connectivity index (χ4n) is 3.71. The normalized spacial score (nSPS) is 15.9. The van der Waals surface area contributed by atoms with Gasteiger partial charge in [0.05, 0.1) is 5.56 Å². The lowest BCUT2D eigenvalue weighted by molar-refractivity contribution is -0.274. The van der Waals surface area contributed by atoms with Crippen LogP contribution in [-0.4, -0.2) is 17.5 Å². The molecule has 0 bridgehead atoms. The second kappa shape index (κ2) is 7.68. The number of halogens is 5. The van der Waals surface area contributed by atoms with Gasteiger partial charge in [-0.15, -0.1) is 13.2 Å². The van der Waals surface area contributed by atoms with Crippen molar-refractivity contribution in [1.29, 1.82) is 0 Å². The fraction of sp³-hybridized carbons (Fsp3) is 0.174. The van der Waals surface area contributed by atoms with Gasteiger partial charge in [-0.25, -0.2) is 8.78 Å². The molecule has 1 unspecified atom stereocenters. The van der Waals surface area contributed by atoms with Crippen LogP contribution in [0.3, 0.4) is 0 Å². The Labute approximate surface area is 173 Å². The van der Waals surface area contributed by atoms with E-state index in [-0.39, 0.29) is 29.0 Å². The number of aromatic nitrogens is 1. The summed E-state index contributed by atoms with van der Waals surface area (Å²) in [5.74, 6) is -1.20. The predicted molar refractivity (Wildman–Crippen MR) is 107 cm³/mol. The molecular formula is C23H16F5NO2. The van der Waals surface area contributed by atoms with Crippen LogP contribution >= 0.6 is 0 Å². The SMILES string of the molecule is Cc1[nH]c2c(c(=O)c1-c1ccc(-c3ccc(OC(F)(F)F)cc3)cc1)C(F)=CC(F)C2. The molecule has 2 aromatic carbocycles. The third-order valence-corrected chi connectivity index (χ3v) is 5.03. The predicted octanol–water partition coefficient (Wildman–Crippen LogP) is 6.12. The molecule has 31 heavy (non-hydrogen) atoms. The van der Waals surface area contributed by atoms with Gasteiger partial charge in [0.1, 0.15) is 17.7 Å². The van der Waals surface area contributed by atoms with E-state index in [1.165, 1.54) is 24.3 Å². The minimum absolute atomic E-state index is 0.0912. The standard InChI is InChI=1S/C23H16F5NO2/c1-12-20(22(30)21-18(25)10-16(24)11-19(21)29-12)15-4-2-13(3-5-15)14-6-8-17(9-7-14)31-23(26,27)28/h2-10,16H,11H2,1H3,(H,29,30). The highest BCUT2D eigenvalue weighted by molar-refractivity contribution is 5.75. The lowest BCUT2D eigenvalue weighted by Crippen LogP contribution is -2.22. The van der Waals surface area contributed by atoms with Crippen LogP contribution in [0.2, 0.25) is 0 Å². The Kier molecular flexibility index (Phi) is 5.16. The number of fused-ring (bicyclic) bond motifs is 1. The molecule has 0 radical (unpaired) electrons. The van der Waals surface area contributed by atoms with E-state index in [9.17, 15) is 26.7 Å². The molecule has 0 saturated carbocycles. The van der Waals surface area contributed by atoms with E-state index in [0.717, 1.165) is 6.08 Å². The van der Waals surface area contributed by atoms with Crippen molar-refractivity contribution in [3.63, 3.8) is 0 Å². The third-order valence-electron chi connectivity index (χ3n) is 5.03. The average molecular weight is 433 g/mol. The van der Waals surface area contributed by atoms with Crippen LogP contribution < -0.4 is 10.2 Å². The van der Waals surface area contributed by atoms with Crippen molar-refractivity contribution in [3.05, 3.63) is 81.8 Å². The molecule has 3 nitrogen and oxygen atoms in total. The summed E-state index contributed by atoms with van der Waals surface area (Å²) in [6.45, 7) is 1.66. The quantitative estimate of drug-likeness (QED) is 0.506. The van der Waals surface area contributed by atoms with Crippen molar-refractivity contribution in [1.82, 2.24) is 4.98 Å². The van der Waals surface area contributed by atoms with Crippen LogP contribution in [0.4, 0.5) is 22.0 Å². The average Bonchev–Trinajstić information content (AvgIpc) is 2.67. The highest BCUT2D eigenvalue weighted by Crippen LogP contribution is 2.31. The van der Waals surface area contributed by atoms with Gasteiger partial charge in [0.25, 0.3) is 0 Å². The Morgan fingerprint density at radius 2 is 1.48 bits per heavy atom. The minimum atomic E-state index is -4.76. The number of pyridine rings is 1. The van der Waals surface area contributed by atoms with Gasteiger partial charge in [0.2, 0.25) is 0 Å². The van der Waals surface area contributed by atoms with E-state index in [0.29, 0.717) is 22.4 Å². The molecule has 1 heterocycles. The molecule has 8 heteroatoms.